The number of hydrogen-bond acceptors (Lipinski definition) is 3. The van der Waals surface area contributed by atoms with Crippen LogP contribution < -0.4 is 0 Å². The molecule has 4 rings (SSSR count). The highest BCUT2D eigenvalue weighted by molar-refractivity contribution is 14.1. The molecule has 1 aliphatic heterocycles. The molecule has 1 aliphatic rings. The number of halogens is 2. The Morgan fingerprint density at radius 3 is 2.17 bits per heavy atom. The Morgan fingerprint density at radius 1 is 0.862 bits per heavy atom. The van der Waals surface area contributed by atoms with Crippen LogP contribution in [-0.4, -0.2) is 49.7 Å². The Kier molecular flexibility index (Phi) is 5.83. The lowest BCUT2D eigenvalue weighted by molar-refractivity contribution is 0.0698. The first-order chi connectivity index (χ1) is 13.8. The molecular weight excluding hydrogens is 523 g/mol. The van der Waals surface area contributed by atoms with E-state index in [1.54, 1.807) is 41.3 Å². The highest BCUT2D eigenvalue weighted by Crippen LogP contribution is 2.25. The van der Waals surface area contributed by atoms with Crippen molar-refractivity contribution < 1.29 is 13.2 Å². The Labute approximate surface area is 188 Å². The zero-order valence-electron chi connectivity index (χ0n) is 15.4. The number of rotatable bonds is 3. The number of benzene rings is 3. The predicted molar refractivity (Wildman–Crippen MR) is 123 cm³/mol. The first kappa shape index (κ1) is 20.6. The number of nitrogens with zero attached hydrogens (tertiary/aromatic N) is 2. The Morgan fingerprint density at radius 2 is 1.48 bits per heavy atom. The number of carbonyl (C=O) groups is 1. The molecule has 5 nitrogen and oxygen atoms in total. The van der Waals surface area contributed by atoms with Crippen molar-refractivity contribution in [3.63, 3.8) is 0 Å². The SMILES string of the molecule is O=C(c1ccc(I)cc1)N1CCN(S(=O)(=O)c2ccc3cc(Cl)ccc3c2)CC1. The van der Waals surface area contributed by atoms with Crippen molar-refractivity contribution in [3.8, 4) is 0 Å². The second-order valence-electron chi connectivity index (χ2n) is 6.86. The molecule has 0 radical (unpaired) electrons. The number of amides is 1. The van der Waals surface area contributed by atoms with Gasteiger partial charge in [0, 0.05) is 40.3 Å². The quantitative estimate of drug-likeness (QED) is 0.467. The van der Waals surface area contributed by atoms with Crippen LogP contribution in [0.2, 0.25) is 5.02 Å². The van der Waals surface area contributed by atoms with Gasteiger partial charge in [-0.25, -0.2) is 8.42 Å². The normalized spacial score (nSPS) is 15.6. The molecule has 0 aliphatic carbocycles. The van der Waals surface area contributed by atoms with Crippen LogP contribution in [-0.2, 0) is 10.0 Å². The number of fused-ring (bicyclic) bond motifs is 1. The predicted octanol–water partition coefficient (Wildman–Crippen LogP) is 4.24. The fourth-order valence-corrected chi connectivity index (χ4v) is 5.41. The fraction of sp³-hybridized carbons (Fsp3) is 0.190. The first-order valence-electron chi connectivity index (χ1n) is 9.09. The molecule has 1 amide bonds. The van der Waals surface area contributed by atoms with E-state index >= 15 is 0 Å². The fourth-order valence-electron chi connectivity index (χ4n) is 3.41. The van der Waals surface area contributed by atoms with Gasteiger partial charge in [0.2, 0.25) is 10.0 Å². The van der Waals surface area contributed by atoms with Crippen LogP contribution in [0, 0.1) is 3.57 Å². The lowest BCUT2D eigenvalue weighted by Gasteiger charge is -2.34. The third kappa shape index (κ3) is 4.28. The molecule has 0 spiro atoms. The third-order valence-electron chi connectivity index (χ3n) is 5.03. The van der Waals surface area contributed by atoms with E-state index < -0.39 is 10.0 Å². The zero-order chi connectivity index (χ0) is 20.6. The van der Waals surface area contributed by atoms with E-state index in [2.05, 4.69) is 22.6 Å². The summed E-state index contributed by atoms with van der Waals surface area (Å²) in [7, 11) is -3.62. The molecule has 150 valence electrons. The molecule has 8 heteroatoms. The minimum atomic E-state index is -3.62. The molecule has 0 atom stereocenters. The van der Waals surface area contributed by atoms with E-state index in [4.69, 9.17) is 11.6 Å². The lowest BCUT2D eigenvalue weighted by atomic mass is 10.1. The number of sulfonamides is 1. The van der Waals surface area contributed by atoms with Crippen LogP contribution in [0.25, 0.3) is 10.8 Å². The summed E-state index contributed by atoms with van der Waals surface area (Å²) in [6, 6.07) is 17.8. The summed E-state index contributed by atoms with van der Waals surface area (Å²) in [4.78, 5) is 14.6. The molecule has 0 bridgehead atoms. The molecule has 0 aromatic heterocycles. The van der Waals surface area contributed by atoms with Gasteiger partial charge < -0.3 is 4.90 Å². The standard InChI is InChI=1S/C21H18ClIN2O3S/c22-18-5-1-17-14-20(8-4-16(17)13-18)29(27,28)25-11-9-24(10-12-25)21(26)15-2-6-19(23)7-3-15/h1-8,13-14H,9-12H2. The third-order valence-corrected chi connectivity index (χ3v) is 7.88. The average Bonchev–Trinajstić information content (AvgIpc) is 2.73. The van der Waals surface area contributed by atoms with Gasteiger partial charge in [0.1, 0.15) is 0 Å². The molecule has 1 heterocycles. The zero-order valence-corrected chi connectivity index (χ0v) is 19.1. The molecule has 3 aromatic rings. The Hall–Kier alpha value is -1.68. The van der Waals surface area contributed by atoms with Crippen LogP contribution in [0.1, 0.15) is 10.4 Å². The van der Waals surface area contributed by atoms with Crippen molar-refractivity contribution in [3.05, 3.63) is 74.8 Å². The van der Waals surface area contributed by atoms with E-state index in [0.29, 0.717) is 23.7 Å². The van der Waals surface area contributed by atoms with Gasteiger partial charge in [-0.05, 0) is 81.9 Å². The van der Waals surface area contributed by atoms with E-state index in [9.17, 15) is 13.2 Å². The second kappa shape index (κ2) is 8.22. The van der Waals surface area contributed by atoms with Gasteiger partial charge >= 0.3 is 0 Å². The highest BCUT2D eigenvalue weighted by Gasteiger charge is 2.30. The van der Waals surface area contributed by atoms with Crippen LogP contribution in [0.15, 0.2) is 65.6 Å². The number of carbonyl (C=O) groups excluding carboxylic acids is 1. The molecule has 0 saturated carbocycles. The minimum Gasteiger partial charge on any atom is -0.336 e. The molecule has 1 saturated heterocycles. The maximum atomic E-state index is 13.1. The Balaban J connectivity index is 1.49. The highest BCUT2D eigenvalue weighted by atomic mass is 127. The summed E-state index contributed by atoms with van der Waals surface area (Å²) in [6.07, 6.45) is 0. The molecular formula is C21H18ClIN2O3S. The summed E-state index contributed by atoms with van der Waals surface area (Å²) < 4.78 is 28.7. The smallest absolute Gasteiger partial charge is 0.253 e. The van der Waals surface area contributed by atoms with Gasteiger partial charge in [-0.15, -0.1) is 0 Å². The summed E-state index contributed by atoms with van der Waals surface area (Å²) in [5.41, 5.74) is 0.620. The maximum absolute atomic E-state index is 13.1. The maximum Gasteiger partial charge on any atom is 0.253 e. The van der Waals surface area contributed by atoms with Crippen LogP contribution in [0.5, 0.6) is 0 Å². The minimum absolute atomic E-state index is 0.0685. The molecule has 3 aromatic carbocycles. The Bertz CT molecular complexity index is 1170. The largest absolute Gasteiger partial charge is 0.336 e. The van der Waals surface area contributed by atoms with Crippen molar-refractivity contribution in [2.45, 2.75) is 4.90 Å². The first-order valence-corrected chi connectivity index (χ1v) is 12.0. The topological polar surface area (TPSA) is 57.7 Å². The van der Waals surface area contributed by atoms with Gasteiger partial charge in [-0.1, -0.05) is 23.7 Å². The summed E-state index contributed by atoms with van der Waals surface area (Å²) in [5, 5.41) is 2.33. The average molecular weight is 541 g/mol. The molecule has 0 unspecified atom stereocenters. The van der Waals surface area contributed by atoms with Gasteiger partial charge in [-0.2, -0.15) is 4.31 Å². The van der Waals surface area contributed by atoms with Gasteiger partial charge in [0.05, 0.1) is 4.90 Å². The van der Waals surface area contributed by atoms with E-state index in [1.165, 1.54) is 4.31 Å². The van der Waals surface area contributed by atoms with Crippen molar-refractivity contribution in [1.82, 2.24) is 9.21 Å². The van der Waals surface area contributed by atoms with Crippen LogP contribution >= 0.6 is 34.2 Å². The summed E-state index contributed by atoms with van der Waals surface area (Å²) in [6.45, 7) is 1.29. The van der Waals surface area contributed by atoms with Crippen molar-refractivity contribution in [2.75, 3.05) is 26.2 Å². The van der Waals surface area contributed by atoms with E-state index in [-0.39, 0.29) is 23.9 Å². The van der Waals surface area contributed by atoms with E-state index in [0.717, 1.165) is 14.3 Å². The van der Waals surface area contributed by atoms with Crippen molar-refractivity contribution in [1.29, 1.82) is 0 Å². The van der Waals surface area contributed by atoms with Crippen LogP contribution in [0.4, 0.5) is 0 Å². The van der Waals surface area contributed by atoms with Crippen molar-refractivity contribution >= 4 is 60.9 Å². The number of hydrogen-bond donors (Lipinski definition) is 0. The molecule has 1 fully saturated rings. The van der Waals surface area contributed by atoms with Gasteiger partial charge in [0.25, 0.3) is 5.91 Å². The number of piperazine rings is 1. The monoisotopic (exact) mass is 540 g/mol. The van der Waals surface area contributed by atoms with E-state index in [1.807, 2.05) is 24.3 Å². The van der Waals surface area contributed by atoms with Crippen molar-refractivity contribution in [2.24, 2.45) is 0 Å². The van der Waals surface area contributed by atoms with Gasteiger partial charge in [-0.3, -0.25) is 4.79 Å². The second-order valence-corrected chi connectivity index (χ2v) is 10.5. The van der Waals surface area contributed by atoms with Crippen LogP contribution in [0.3, 0.4) is 0 Å². The lowest BCUT2D eigenvalue weighted by Crippen LogP contribution is -2.50. The molecule has 0 N–H and O–H groups in total. The molecule has 29 heavy (non-hydrogen) atoms. The van der Waals surface area contributed by atoms with Gasteiger partial charge in [0.15, 0.2) is 0 Å². The summed E-state index contributed by atoms with van der Waals surface area (Å²) in [5.74, 6) is -0.0685. The summed E-state index contributed by atoms with van der Waals surface area (Å²) >= 11 is 8.20.